The van der Waals surface area contributed by atoms with Gasteiger partial charge in [-0.2, -0.15) is 10.2 Å². The number of hydrogen-bond acceptors (Lipinski definition) is 6. The van der Waals surface area contributed by atoms with Gasteiger partial charge in [0.05, 0.1) is 18.1 Å². The third kappa shape index (κ3) is 2.67. The van der Waals surface area contributed by atoms with Gasteiger partial charge < -0.3 is 5.32 Å². The molecule has 1 aromatic carbocycles. The second kappa shape index (κ2) is 6.27. The highest BCUT2D eigenvalue weighted by Gasteiger charge is 2.13. The first kappa shape index (κ1) is 16.1. The Morgan fingerprint density at radius 3 is 2.79 bits per heavy atom. The molecule has 0 bridgehead atoms. The van der Waals surface area contributed by atoms with Crippen molar-refractivity contribution in [1.29, 1.82) is 0 Å². The van der Waals surface area contributed by atoms with E-state index in [1.807, 2.05) is 23.8 Å². The third-order valence-electron chi connectivity index (χ3n) is 4.30. The molecule has 1 N–H and O–H groups in total. The van der Waals surface area contributed by atoms with Crippen LogP contribution in [0.25, 0.3) is 22.6 Å². The fourth-order valence-corrected chi connectivity index (χ4v) is 3.01. The molecule has 0 saturated heterocycles. The smallest absolute Gasteiger partial charge is 0.180 e. The van der Waals surface area contributed by atoms with Crippen LogP contribution < -0.4 is 5.32 Å². The minimum Gasteiger partial charge on any atom is -0.337 e. The topological polar surface area (TPSA) is 90.8 Å². The van der Waals surface area contributed by atoms with Crippen LogP contribution in [0.15, 0.2) is 61.8 Å². The Kier molecular flexibility index (Phi) is 3.61. The van der Waals surface area contributed by atoms with Crippen molar-refractivity contribution in [2.24, 2.45) is 7.05 Å². The maximum absolute atomic E-state index is 14.5. The molecule has 0 unspecified atom stereocenters. The third-order valence-corrected chi connectivity index (χ3v) is 4.30. The molecule has 9 nitrogen and oxygen atoms in total. The molecule has 0 aliphatic carbocycles. The number of aryl methyl sites for hydroxylation is 1. The predicted octanol–water partition coefficient (Wildman–Crippen LogP) is 2.59. The van der Waals surface area contributed by atoms with Crippen LogP contribution in [-0.4, -0.2) is 38.9 Å². The maximum atomic E-state index is 14.5. The summed E-state index contributed by atoms with van der Waals surface area (Å²) < 4.78 is 19.5. The van der Waals surface area contributed by atoms with Crippen molar-refractivity contribution in [2.45, 2.75) is 0 Å². The van der Waals surface area contributed by atoms with Crippen LogP contribution in [0.1, 0.15) is 0 Å². The second-order valence-corrected chi connectivity index (χ2v) is 6.15. The number of nitrogens with one attached hydrogen (secondary N) is 1. The SMILES string of the molecule is Cn1cc(-c2cnc3c(Nc4ccc(-n5cncn5)c(F)c4)nccn23)cn1. The van der Waals surface area contributed by atoms with E-state index in [9.17, 15) is 4.39 Å². The normalized spacial score (nSPS) is 11.2. The summed E-state index contributed by atoms with van der Waals surface area (Å²) >= 11 is 0. The van der Waals surface area contributed by atoms with Crippen LogP contribution in [-0.2, 0) is 7.05 Å². The van der Waals surface area contributed by atoms with Crippen LogP contribution in [0, 0.1) is 5.82 Å². The molecule has 5 rings (SSSR count). The molecule has 0 aliphatic heterocycles. The number of anilines is 2. The van der Waals surface area contributed by atoms with Gasteiger partial charge in [0, 0.05) is 36.9 Å². The number of fused-ring (bicyclic) bond motifs is 1. The van der Waals surface area contributed by atoms with Crippen LogP contribution in [0.3, 0.4) is 0 Å². The van der Waals surface area contributed by atoms with E-state index in [1.54, 1.807) is 35.4 Å². The molecule has 0 spiro atoms. The Morgan fingerprint density at radius 2 is 2.04 bits per heavy atom. The van der Waals surface area contributed by atoms with Crippen LogP contribution >= 0.6 is 0 Å². The highest BCUT2D eigenvalue weighted by Crippen LogP contribution is 2.26. The van der Waals surface area contributed by atoms with Gasteiger partial charge in [-0.1, -0.05) is 0 Å². The average molecular weight is 375 g/mol. The zero-order valence-electron chi connectivity index (χ0n) is 14.7. The van der Waals surface area contributed by atoms with E-state index in [2.05, 4.69) is 30.5 Å². The first-order valence-corrected chi connectivity index (χ1v) is 8.42. The lowest BCUT2D eigenvalue weighted by molar-refractivity contribution is 0.611. The van der Waals surface area contributed by atoms with E-state index in [-0.39, 0.29) is 0 Å². The van der Waals surface area contributed by atoms with Crippen molar-refractivity contribution in [3.63, 3.8) is 0 Å². The number of benzene rings is 1. The van der Waals surface area contributed by atoms with E-state index in [0.717, 1.165) is 11.3 Å². The highest BCUT2D eigenvalue weighted by molar-refractivity contribution is 5.74. The molecule has 4 heterocycles. The molecule has 0 atom stereocenters. The van der Waals surface area contributed by atoms with Crippen LogP contribution in [0.5, 0.6) is 0 Å². The van der Waals surface area contributed by atoms with Crippen molar-refractivity contribution in [1.82, 2.24) is 38.9 Å². The Balaban J connectivity index is 1.50. The Labute approximate surface area is 158 Å². The zero-order valence-corrected chi connectivity index (χ0v) is 14.7. The van der Waals surface area contributed by atoms with E-state index < -0.39 is 5.82 Å². The lowest BCUT2D eigenvalue weighted by atomic mass is 10.2. The van der Waals surface area contributed by atoms with Crippen molar-refractivity contribution in [3.05, 3.63) is 67.7 Å². The lowest BCUT2D eigenvalue weighted by Crippen LogP contribution is -2.01. The summed E-state index contributed by atoms with van der Waals surface area (Å²) in [5, 5.41) is 11.3. The van der Waals surface area contributed by atoms with Gasteiger partial charge in [-0.3, -0.25) is 9.08 Å². The van der Waals surface area contributed by atoms with Gasteiger partial charge in [0.1, 0.15) is 18.3 Å². The standard InChI is InChI=1S/C18H14FN9/c1-26-9-12(7-23-26)16-8-22-18-17(21-4-5-27(16)18)25-13-2-3-15(14(19)6-13)28-11-20-10-24-28/h2-11H,1H3,(H,21,25). The molecule has 10 heteroatoms. The van der Waals surface area contributed by atoms with Gasteiger partial charge in [-0.05, 0) is 18.2 Å². The first-order chi connectivity index (χ1) is 13.7. The summed E-state index contributed by atoms with van der Waals surface area (Å²) in [6.07, 6.45) is 11.7. The molecular formula is C18H14FN9. The Bertz CT molecular complexity index is 1270. The molecule has 28 heavy (non-hydrogen) atoms. The van der Waals surface area contributed by atoms with Crippen LogP contribution in [0.4, 0.5) is 15.9 Å². The summed E-state index contributed by atoms with van der Waals surface area (Å²) in [5.74, 6) is 0.0902. The van der Waals surface area contributed by atoms with E-state index >= 15 is 0 Å². The van der Waals surface area contributed by atoms with E-state index in [0.29, 0.717) is 22.8 Å². The van der Waals surface area contributed by atoms with Gasteiger partial charge in [-0.15, -0.1) is 0 Å². The summed E-state index contributed by atoms with van der Waals surface area (Å²) in [7, 11) is 1.86. The largest absolute Gasteiger partial charge is 0.337 e. The van der Waals surface area contributed by atoms with Crippen molar-refractivity contribution in [2.75, 3.05) is 5.32 Å². The molecule has 0 saturated carbocycles. The van der Waals surface area contributed by atoms with Crippen LogP contribution in [0.2, 0.25) is 0 Å². The second-order valence-electron chi connectivity index (χ2n) is 6.15. The van der Waals surface area contributed by atoms with Gasteiger partial charge in [-0.25, -0.2) is 24.0 Å². The van der Waals surface area contributed by atoms with Gasteiger partial charge in [0.25, 0.3) is 0 Å². The monoisotopic (exact) mass is 375 g/mol. The number of nitrogens with zero attached hydrogens (tertiary/aromatic N) is 8. The highest BCUT2D eigenvalue weighted by atomic mass is 19.1. The van der Waals surface area contributed by atoms with Gasteiger partial charge >= 0.3 is 0 Å². The summed E-state index contributed by atoms with van der Waals surface area (Å²) in [6.45, 7) is 0. The molecule has 0 fully saturated rings. The first-order valence-electron chi connectivity index (χ1n) is 8.42. The minimum atomic E-state index is -0.429. The average Bonchev–Trinajstić information content (AvgIpc) is 3.42. The Morgan fingerprint density at radius 1 is 1.11 bits per heavy atom. The summed E-state index contributed by atoms with van der Waals surface area (Å²) in [5.41, 5.74) is 3.32. The fraction of sp³-hybridized carbons (Fsp3) is 0.0556. The number of aromatic nitrogens is 8. The molecule has 138 valence electrons. The minimum absolute atomic E-state index is 0.314. The maximum Gasteiger partial charge on any atom is 0.180 e. The fourth-order valence-electron chi connectivity index (χ4n) is 3.01. The van der Waals surface area contributed by atoms with Gasteiger partial charge in [0.2, 0.25) is 0 Å². The van der Waals surface area contributed by atoms with Crippen molar-refractivity contribution < 1.29 is 4.39 Å². The molecule has 0 radical (unpaired) electrons. The molecule has 4 aromatic heterocycles. The number of imidazole rings is 1. The molecular weight excluding hydrogens is 361 g/mol. The quantitative estimate of drug-likeness (QED) is 0.519. The number of halogens is 1. The molecule has 5 aromatic rings. The summed E-state index contributed by atoms with van der Waals surface area (Å²) in [4.78, 5) is 12.7. The molecule has 0 aliphatic rings. The van der Waals surface area contributed by atoms with Crippen molar-refractivity contribution >= 4 is 17.2 Å². The zero-order chi connectivity index (χ0) is 19.1. The summed E-state index contributed by atoms with van der Waals surface area (Å²) in [6, 6.07) is 4.75. The number of hydrogen-bond donors (Lipinski definition) is 1. The van der Waals surface area contributed by atoms with E-state index in [4.69, 9.17) is 0 Å². The number of rotatable bonds is 4. The Hall–Kier alpha value is -4.08. The van der Waals surface area contributed by atoms with Crippen molar-refractivity contribution in [3.8, 4) is 16.9 Å². The lowest BCUT2D eigenvalue weighted by Gasteiger charge is -2.09. The van der Waals surface area contributed by atoms with Gasteiger partial charge in [0.15, 0.2) is 17.3 Å². The van der Waals surface area contributed by atoms with E-state index in [1.165, 1.54) is 23.4 Å². The molecule has 0 amide bonds. The predicted molar refractivity (Wildman–Crippen MR) is 99.8 cm³/mol.